The van der Waals surface area contributed by atoms with Gasteiger partial charge >= 0.3 is 0 Å². The van der Waals surface area contributed by atoms with E-state index in [1.165, 1.54) is 4.31 Å². The van der Waals surface area contributed by atoms with Crippen LogP contribution in [0.3, 0.4) is 0 Å². The fourth-order valence-corrected chi connectivity index (χ4v) is 4.83. The molecule has 8 nitrogen and oxygen atoms in total. The van der Waals surface area contributed by atoms with Crippen molar-refractivity contribution in [3.05, 3.63) is 29.3 Å². The molecule has 0 bridgehead atoms. The Morgan fingerprint density at radius 2 is 1.69 bits per heavy atom. The second-order valence-corrected chi connectivity index (χ2v) is 9.38. The lowest BCUT2D eigenvalue weighted by Gasteiger charge is -2.34. The lowest BCUT2D eigenvalue weighted by atomic mass is 10.1. The van der Waals surface area contributed by atoms with Gasteiger partial charge in [0.05, 0.1) is 11.4 Å². The van der Waals surface area contributed by atoms with E-state index in [0.29, 0.717) is 31.1 Å². The van der Waals surface area contributed by atoms with Gasteiger partial charge in [-0.1, -0.05) is 6.07 Å². The number of rotatable bonds is 8. The summed E-state index contributed by atoms with van der Waals surface area (Å²) < 4.78 is 27.3. The zero-order valence-electron chi connectivity index (χ0n) is 17.8. The molecule has 9 heteroatoms. The summed E-state index contributed by atoms with van der Waals surface area (Å²) in [6.45, 7) is 10.7. The van der Waals surface area contributed by atoms with Crippen LogP contribution in [0.25, 0.3) is 0 Å². The minimum absolute atomic E-state index is 0.0469. The second kappa shape index (κ2) is 10.2. The van der Waals surface area contributed by atoms with Crippen LogP contribution in [-0.2, 0) is 19.6 Å². The largest absolute Gasteiger partial charge is 0.351 e. The SMILES string of the molecule is CCNC(=O)C[NH+](CC)CC(=O)N1CCN(S(=O)(=O)c2ccc(C)c(C)c2)CC1. The van der Waals surface area contributed by atoms with Crippen molar-refractivity contribution in [3.63, 3.8) is 0 Å². The molecule has 0 aliphatic carbocycles. The molecule has 0 radical (unpaired) electrons. The summed E-state index contributed by atoms with van der Waals surface area (Å²) in [6.07, 6.45) is 0. The number of piperazine rings is 1. The fourth-order valence-electron chi connectivity index (χ4n) is 3.33. The molecule has 162 valence electrons. The first-order valence-electron chi connectivity index (χ1n) is 10.1. The van der Waals surface area contributed by atoms with E-state index in [0.717, 1.165) is 16.0 Å². The van der Waals surface area contributed by atoms with Crippen LogP contribution in [-0.4, -0.2) is 81.8 Å². The highest BCUT2D eigenvalue weighted by atomic mass is 32.2. The highest BCUT2D eigenvalue weighted by Gasteiger charge is 2.31. The molecular formula is C20H33N4O4S+. The molecule has 1 aliphatic rings. The number of nitrogens with zero attached hydrogens (tertiary/aromatic N) is 2. The van der Waals surface area contributed by atoms with Crippen LogP contribution >= 0.6 is 0 Å². The van der Waals surface area contributed by atoms with Crippen molar-refractivity contribution in [2.75, 3.05) is 52.4 Å². The molecule has 1 aromatic rings. The average Bonchev–Trinajstić information content (AvgIpc) is 2.69. The Kier molecular flexibility index (Phi) is 8.18. The minimum atomic E-state index is -3.56. The third-order valence-corrected chi connectivity index (χ3v) is 7.29. The molecule has 2 rings (SSSR count). The smallest absolute Gasteiger partial charge is 0.277 e. The number of carbonyl (C=O) groups is 2. The number of amides is 2. The van der Waals surface area contributed by atoms with Gasteiger partial charge in [-0.3, -0.25) is 9.59 Å². The van der Waals surface area contributed by atoms with E-state index in [1.54, 1.807) is 17.0 Å². The maximum atomic E-state index is 12.9. The van der Waals surface area contributed by atoms with E-state index >= 15 is 0 Å². The lowest BCUT2D eigenvalue weighted by molar-refractivity contribution is -0.882. The van der Waals surface area contributed by atoms with E-state index < -0.39 is 10.0 Å². The molecule has 0 saturated carbocycles. The highest BCUT2D eigenvalue weighted by molar-refractivity contribution is 7.89. The number of hydrogen-bond acceptors (Lipinski definition) is 4. The summed E-state index contributed by atoms with van der Waals surface area (Å²) >= 11 is 0. The van der Waals surface area contributed by atoms with Crippen molar-refractivity contribution in [2.24, 2.45) is 0 Å². The van der Waals surface area contributed by atoms with E-state index in [-0.39, 0.29) is 38.0 Å². The van der Waals surface area contributed by atoms with Crippen LogP contribution in [0, 0.1) is 13.8 Å². The van der Waals surface area contributed by atoms with Crippen molar-refractivity contribution in [1.29, 1.82) is 0 Å². The van der Waals surface area contributed by atoms with Crippen molar-refractivity contribution >= 4 is 21.8 Å². The molecule has 1 heterocycles. The summed E-state index contributed by atoms with van der Waals surface area (Å²) in [4.78, 5) is 27.3. The number of quaternary nitrogens is 1. The van der Waals surface area contributed by atoms with Gasteiger partial charge in [0.1, 0.15) is 0 Å². The Morgan fingerprint density at radius 3 is 2.24 bits per heavy atom. The third-order valence-electron chi connectivity index (χ3n) is 5.39. The molecule has 1 saturated heterocycles. The Morgan fingerprint density at radius 1 is 1.03 bits per heavy atom. The highest BCUT2D eigenvalue weighted by Crippen LogP contribution is 2.20. The van der Waals surface area contributed by atoms with Gasteiger partial charge in [0, 0.05) is 32.7 Å². The number of hydrogen-bond donors (Lipinski definition) is 2. The van der Waals surface area contributed by atoms with Crippen LogP contribution in [0.5, 0.6) is 0 Å². The second-order valence-electron chi connectivity index (χ2n) is 7.44. The number of nitrogens with one attached hydrogen (secondary N) is 2. The van der Waals surface area contributed by atoms with Crippen LogP contribution in [0.15, 0.2) is 23.1 Å². The topological polar surface area (TPSA) is 91.2 Å². The van der Waals surface area contributed by atoms with Gasteiger partial charge in [-0.2, -0.15) is 4.31 Å². The molecule has 1 fully saturated rings. The van der Waals surface area contributed by atoms with Crippen molar-refractivity contribution in [2.45, 2.75) is 32.6 Å². The molecule has 1 aromatic carbocycles. The monoisotopic (exact) mass is 425 g/mol. The standard InChI is InChI=1S/C20H32N4O4S/c1-5-21-19(25)14-22(6-2)15-20(26)23-9-11-24(12-10-23)29(27,28)18-8-7-16(3)17(4)13-18/h7-8,13H,5-6,9-12,14-15H2,1-4H3,(H,21,25)/p+1. The Balaban J connectivity index is 1.94. The summed E-state index contributed by atoms with van der Waals surface area (Å²) in [5.41, 5.74) is 1.99. The summed E-state index contributed by atoms with van der Waals surface area (Å²) in [5, 5.41) is 2.75. The van der Waals surface area contributed by atoms with Crippen LogP contribution in [0.1, 0.15) is 25.0 Å². The maximum Gasteiger partial charge on any atom is 0.277 e. The summed E-state index contributed by atoms with van der Waals surface area (Å²) in [7, 11) is -3.56. The molecule has 1 atom stereocenters. The third kappa shape index (κ3) is 6.01. The molecule has 2 amide bonds. The van der Waals surface area contributed by atoms with Gasteiger partial charge in [0.25, 0.3) is 11.8 Å². The summed E-state index contributed by atoms with van der Waals surface area (Å²) in [5.74, 6) is -0.115. The number of aryl methyl sites for hydroxylation is 2. The van der Waals surface area contributed by atoms with Crippen LogP contribution in [0.2, 0.25) is 0 Å². The molecule has 1 unspecified atom stereocenters. The number of carbonyl (C=O) groups excluding carboxylic acids is 2. The number of sulfonamides is 1. The van der Waals surface area contributed by atoms with E-state index in [2.05, 4.69) is 5.32 Å². The van der Waals surface area contributed by atoms with Crippen molar-refractivity contribution < 1.29 is 22.9 Å². The first-order chi connectivity index (χ1) is 13.7. The quantitative estimate of drug-likeness (QED) is 0.569. The zero-order chi connectivity index (χ0) is 21.6. The van der Waals surface area contributed by atoms with E-state index in [4.69, 9.17) is 0 Å². The van der Waals surface area contributed by atoms with Crippen LogP contribution in [0.4, 0.5) is 0 Å². The average molecular weight is 426 g/mol. The van der Waals surface area contributed by atoms with E-state index in [9.17, 15) is 18.0 Å². The predicted molar refractivity (Wildman–Crippen MR) is 111 cm³/mol. The van der Waals surface area contributed by atoms with Gasteiger partial charge in [-0.05, 0) is 51.0 Å². The first kappa shape index (κ1) is 23.3. The Labute approximate surface area is 173 Å². The molecule has 0 spiro atoms. The predicted octanol–water partition coefficient (Wildman–Crippen LogP) is -0.823. The normalized spacial score (nSPS) is 16.5. The zero-order valence-corrected chi connectivity index (χ0v) is 18.6. The Hall–Kier alpha value is -1.97. The number of likely N-dealkylation sites (N-methyl/N-ethyl adjacent to an activating group) is 2. The Bertz CT molecular complexity index is 833. The fraction of sp³-hybridized carbons (Fsp3) is 0.600. The maximum absolute atomic E-state index is 12.9. The molecule has 1 aliphatic heterocycles. The van der Waals surface area contributed by atoms with Gasteiger partial charge < -0.3 is 15.1 Å². The van der Waals surface area contributed by atoms with Crippen LogP contribution < -0.4 is 10.2 Å². The lowest BCUT2D eigenvalue weighted by Crippen LogP contribution is -3.14. The first-order valence-corrected chi connectivity index (χ1v) is 11.6. The van der Waals surface area contributed by atoms with Gasteiger partial charge in [-0.15, -0.1) is 0 Å². The molecule has 0 aromatic heterocycles. The number of benzene rings is 1. The van der Waals surface area contributed by atoms with Gasteiger partial charge in [0.2, 0.25) is 10.0 Å². The molecular weight excluding hydrogens is 392 g/mol. The minimum Gasteiger partial charge on any atom is -0.351 e. The summed E-state index contributed by atoms with van der Waals surface area (Å²) in [6, 6.07) is 5.16. The molecule has 2 N–H and O–H groups in total. The van der Waals surface area contributed by atoms with Gasteiger partial charge in [0.15, 0.2) is 13.1 Å². The molecule has 29 heavy (non-hydrogen) atoms. The van der Waals surface area contributed by atoms with Gasteiger partial charge in [-0.25, -0.2) is 8.42 Å². The van der Waals surface area contributed by atoms with Crippen molar-refractivity contribution in [3.8, 4) is 0 Å². The van der Waals surface area contributed by atoms with Crippen molar-refractivity contribution in [1.82, 2.24) is 14.5 Å². The van der Waals surface area contributed by atoms with E-state index in [1.807, 2.05) is 33.8 Å².